The quantitative estimate of drug-likeness (QED) is 0.833. The van der Waals surface area contributed by atoms with Crippen molar-refractivity contribution in [2.24, 2.45) is 0 Å². The molecule has 0 spiro atoms. The smallest absolute Gasteiger partial charge is 0.145 e. The van der Waals surface area contributed by atoms with Crippen LogP contribution in [0.4, 0.5) is 5.82 Å². The molecular formula is C13H15N3. The Labute approximate surface area is 94.9 Å². The number of rotatable bonds is 2. The molecule has 2 aromatic rings. The van der Waals surface area contributed by atoms with Crippen molar-refractivity contribution in [3.05, 3.63) is 30.5 Å². The van der Waals surface area contributed by atoms with Gasteiger partial charge in [-0.15, -0.1) is 0 Å². The van der Waals surface area contributed by atoms with Gasteiger partial charge in [-0.2, -0.15) is 0 Å². The van der Waals surface area contributed by atoms with Crippen LogP contribution >= 0.6 is 0 Å². The summed E-state index contributed by atoms with van der Waals surface area (Å²) in [5, 5.41) is 3.46. The largest absolute Gasteiger partial charge is 0.366 e. The number of para-hydroxylation sites is 2. The van der Waals surface area contributed by atoms with Crippen LogP contribution in [0.25, 0.3) is 11.0 Å². The highest BCUT2D eigenvalue weighted by Crippen LogP contribution is 2.21. The van der Waals surface area contributed by atoms with Crippen LogP contribution in [0.1, 0.15) is 25.7 Å². The molecule has 0 aliphatic heterocycles. The fraction of sp³-hybridized carbons (Fsp3) is 0.385. The van der Waals surface area contributed by atoms with Gasteiger partial charge in [-0.05, 0) is 25.0 Å². The van der Waals surface area contributed by atoms with Gasteiger partial charge in [0.2, 0.25) is 0 Å². The third-order valence-electron chi connectivity index (χ3n) is 3.16. The molecule has 0 atom stereocenters. The predicted molar refractivity (Wildman–Crippen MR) is 65.4 cm³/mol. The van der Waals surface area contributed by atoms with Crippen molar-refractivity contribution >= 4 is 16.9 Å². The number of nitrogens with zero attached hydrogens (tertiary/aromatic N) is 2. The zero-order valence-corrected chi connectivity index (χ0v) is 9.19. The van der Waals surface area contributed by atoms with E-state index in [4.69, 9.17) is 0 Å². The van der Waals surface area contributed by atoms with Crippen LogP contribution in [0.5, 0.6) is 0 Å². The molecule has 16 heavy (non-hydrogen) atoms. The minimum absolute atomic E-state index is 0.593. The van der Waals surface area contributed by atoms with Crippen molar-refractivity contribution in [3.63, 3.8) is 0 Å². The summed E-state index contributed by atoms with van der Waals surface area (Å²) in [5.74, 6) is 0.908. The van der Waals surface area contributed by atoms with E-state index in [1.54, 1.807) is 0 Å². The minimum atomic E-state index is 0.593. The maximum Gasteiger partial charge on any atom is 0.145 e. The maximum absolute atomic E-state index is 4.57. The first-order valence-electron chi connectivity index (χ1n) is 5.90. The predicted octanol–water partition coefficient (Wildman–Crippen LogP) is 2.98. The van der Waals surface area contributed by atoms with Crippen molar-refractivity contribution in [2.75, 3.05) is 5.32 Å². The number of nitrogens with one attached hydrogen (secondary N) is 1. The second-order valence-corrected chi connectivity index (χ2v) is 4.37. The molecule has 0 unspecified atom stereocenters. The molecule has 0 radical (unpaired) electrons. The second kappa shape index (κ2) is 4.08. The Balaban J connectivity index is 1.86. The van der Waals surface area contributed by atoms with Crippen LogP contribution < -0.4 is 5.32 Å². The molecule has 1 saturated carbocycles. The van der Waals surface area contributed by atoms with Gasteiger partial charge < -0.3 is 5.32 Å². The second-order valence-electron chi connectivity index (χ2n) is 4.37. The van der Waals surface area contributed by atoms with Gasteiger partial charge >= 0.3 is 0 Å². The molecule has 82 valence electrons. The average molecular weight is 213 g/mol. The van der Waals surface area contributed by atoms with E-state index in [1.165, 1.54) is 25.7 Å². The number of hydrogen-bond donors (Lipinski definition) is 1. The SMILES string of the molecule is c1ccc2nc(NC3CCCC3)cnc2c1. The lowest BCUT2D eigenvalue weighted by Crippen LogP contribution is -2.15. The third kappa shape index (κ3) is 1.85. The van der Waals surface area contributed by atoms with E-state index in [1.807, 2.05) is 30.5 Å². The Kier molecular flexibility index (Phi) is 2.44. The van der Waals surface area contributed by atoms with Crippen molar-refractivity contribution < 1.29 is 0 Å². The molecule has 3 rings (SSSR count). The molecule has 1 fully saturated rings. The minimum Gasteiger partial charge on any atom is -0.366 e. The molecule has 1 N–H and O–H groups in total. The van der Waals surface area contributed by atoms with E-state index < -0.39 is 0 Å². The standard InChI is InChI=1S/C13H15N3/c1-2-6-10(5-1)15-13-9-14-11-7-3-4-8-12(11)16-13/h3-4,7-10H,1-2,5-6H2,(H,15,16). The summed E-state index contributed by atoms with van der Waals surface area (Å²) in [6.45, 7) is 0. The number of anilines is 1. The van der Waals surface area contributed by atoms with Crippen LogP contribution in [-0.2, 0) is 0 Å². The highest BCUT2D eigenvalue weighted by Gasteiger charge is 2.14. The van der Waals surface area contributed by atoms with Crippen molar-refractivity contribution in [1.29, 1.82) is 0 Å². The van der Waals surface area contributed by atoms with Gasteiger partial charge in [-0.1, -0.05) is 25.0 Å². The van der Waals surface area contributed by atoms with Gasteiger partial charge in [0.05, 0.1) is 17.2 Å². The molecule has 1 aromatic heterocycles. The number of fused-ring (bicyclic) bond motifs is 1. The summed E-state index contributed by atoms with van der Waals surface area (Å²) in [7, 11) is 0. The maximum atomic E-state index is 4.57. The van der Waals surface area contributed by atoms with Gasteiger partial charge in [0.1, 0.15) is 5.82 Å². The molecule has 1 aliphatic carbocycles. The van der Waals surface area contributed by atoms with E-state index in [9.17, 15) is 0 Å². The third-order valence-corrected chi connectivity index (χ3v) is 3.16. The van der Waals surface area contributed by atoms with E-state index in [2.05, 4.69) is 15.3 Å². The van der Waals surface area contributed by atoms with E-state index in [-0.39, 0.29) is 0 Å². The lowest BCUT2D eigenvalue weighted by Gasteiger charge is -2.12. The first-order chi connectivity index (χ1) is 7.92. The first kappa shape index (κ1) is 9.58. The molecular weight excluding hydrogens is 198 g/mol. The number of hydrogen-bond acceptors (Lipinski definition) is 3. The Morgan fingerprint density at radius 3 is 2.62 bits per heavy atom. The molecule has 3 nitrogen and oxygen atoms in total. The number of benzene rings is 1. The number of aromatic nitrogens is 2. The summed E-state index contributed by atoms with van der Waals surface area (Å²) >= 11 is 0. The zero-order valence-electron chi connectivity index (χ0n) is 9.19. The zero-order chi connectivity index (χ0) is 10.8. The molecule has 1 heterocycles. The average Bonchev–Trinajstić information content (AvgIpc) is 2.82. The molecule has 1 aliphatic rings. The molecule has 0 saturated heterocycles. The van der Waals surface area contributed by atoms with E-state index in [0.717, 1.165) is 16.9 Å². The fourth-order valence-electron chi connectivity index (χ4n) is 2.31. The Bertz CT molecular complexity index is 489. The summed E-state index contributed by atoms with van der Waals surface area (Å²) < 4.78 is 0. The van der Waals surface area contributed by atoms with E-state index in [0.29, 0.717) is 6.04 Å². The van der Waals surface area contributed by atoms with Gasteiger partial charge in [-0.3, -0.25) is 4.98 Å². The van der Waals surface area contributed by atoms with Crippen molar-refractivity contribution in [3.8, 4) is 0 Å². The Morgan fingerprint density at radius 2 is 1.81 bits per heavy atom. The van der Waals surface area contributed by atoms with Crippen LogP contribution in [0.15, 0.2) is 30.5 Å². The van der Waals surface area contributed by atoms with Crippen LogP contribution in [-0.4, -0.2) is 16.0 Å². The van der Waals surface area contributed by atoms with E-state index >= 15 is 0 Å². The summed E-state index contributed by atoms with van der Waals surface area (Å²) in [6, 6.07) is 8.57. The van der Waals surface area contributed by atoms with Crippen LogP contribution in [0, 0.1) is 0 Å². The Morgan fingerprint density at radius 1 is 1.06 bits per heavy atom. The Hall–Kier alpha value is -1.64. The van der Waals surface area contributed by atoms with Crippen molar-refractivity contribution in [2.45, 2.75) is 31.7 Å². The molecule has 0 bridgehead atoms. The van der Waals surface area contributed by atoms with Crippen molar-refractivity contribution in [1.82, 2.24) is 9.97 Å². The topological polar surface area (TPSA) is 37.8 Å². The fourth-order valence-corrected chi connectivity index (χ4v) is 2.31. The normalized spacial score (nSPS) is 16.8. The molecule has 3 heteroatoms. The summed E-state index contributed by atoms with van der Waals surface area (Å²) in [6.07, 6.45) is 7.01. The highest BCUT2D eigenvalue weighted by molar-refractivity contribution is 5.75. The van der Waals surface area contributed by atoms with Crippen LogP contribution in [0.3, 0.4) is 0 Å². The summed E-state index contributed by atoms with van der Waals surface area (Å²) in [5.41, 5.74) is 1.92. The highest BCUT2D eigenvalue weighted by atomic mass is 15.0. The lowest BCUT2D eigenvalue weighted by atomic mass is 10.2. The van der Waals surface area contributed by atoms with Gasteiger partial charge in [0.25, 0.3) is 0 Å². The molecule has 0 amide bonds. The van der Waals surface area contributed by atoms with Crippen LogP contribution in [0.2, 0.25) is 0 Å². The lowest BCUT2D eigenvalue weighted by molar-refractivity contribution is 0.750. The monoisotopic (exact) mass is 213 g/mol. The first-order valence-corrected chi connectivity index (χ1v) is 5.90. The summed E-state index contributed by atoms with van der Waals surface area (Å²) in [4.78, 5) is 8.96. The van der Waals surface area contributed by atoms with Gasteiger partial charge in [0, 0.05) is 6.04 Å². The van der Waals surface area contributed by atoms with Gasteiger partial charge in [-0.25, -0.2) is 4.98 Å². The van der Waals surface area contributed by atoms with Gasteiger partial charge in [0.15, 0.2) is 0 Å². The molecule has 1 aromatic carbocycles.